The van der Waals surface area contributed by atoms with Crippen LogP contribution in [-0.4, -0.2) is 15.8 Å². The summed E-state index contributed by atoms with van der Waals surface area (Å²) in [6.07, 6.45) is 6.03. The molecule has 1 saturated carbocycles. The third kappa shape index (κ3) is 11.3. The first-order valence-corrected chi connectivity index (χ1v) is 37.5. The highest BCUT2D eigenvalue weighted by atomic mass is 15.2. The van der Waals surface area contributed by atoms with Gasteiger partial charge < -0.3 is 18.9 Å². The van der Waals surface area contributed by atoms with Crippen molar-refractivity contribution in [2.24, 2.45) is 0 Å². The molecule has 0 saturated heterocycles. The molecule has 3 aliphatic rings. The fourth-order valence-electron chi connectivity index (χ4n) is 17.0. The summed E-state index contributed by atoms with van der Waals surface area (Å²) in [5.41, 5.74) is 32.1. The maximum absolute atomic E-state index is 2.78. The molecule has 0 amide bonds. The number of fused-ring (bicyclic) bond motifs is 10. The molecule has 5 heteroatoms. The second-order valence-electron chi connectivity index (χ2n) is 36.2. The fourth-order valence-corrected chi connectivity index (χ4v) is 17.0. The van der Waals surface area contributed by atoms with Crippen molar-refractivity contribution >= 4 is 101 Å². The van der Waals surface area contributed by atoms with E-state index in [0.717, 1.165) is 24.2 Å². The summed E-state index contributed by atoms with van der Waals surface area (Å²) < 4.78 is 5.07. The molecule has 4 nitrogen and oxygen atoms in total. The van der Waals surface area contributed by atoms with Crippen LogP contribution in [0.25, 0.3) is 77.2 Å². The van der Waals surface area contributed by atoms with Crippen LogP contribution in [0.3, 0.4) is 0 Å². The number of hydrogen-bond acceptors (Lipinski definition) is 2. The molecule has 508 valence electrons. The van der Waals surface area contributed by atoms with Gasteiger partial charge in [0.15, 0.2) is 0 Å². The summed E-state index contributed by atoms with van der Waals surface area (Å²) in [5, 5.41) is 5.03. The number of benzene rings is 11. The highest BCUT2D eigenvalue weighted by Gasteiger charge is 2.46. The summed E-state index contributed by atoms with van der Waals surface area (Å²) in [6, 6.07) is 86.8. The van der Waals surface area contributed by atoms with E-state index in [1.54, 1.807) is 0 Å². The third-order valence-corrected chi connectivity index (χ3v) is 23.0. The van der Waals surface area contributed by atoms with Gasteiger partial charge in [-0.3, -0.25) is 0 Å². The zero-order valence-electron chi connectivity index (χ0n) is 63.3. The van der Waals surface area contributed by atoms with E-state index in [1.807, 2.05) is 0 Å². The molecule has 2 aliphatic heterocycles. The molecule has 0 radical (unpaired) electrons. The van der Waals surface area contributed by atoms with Gasteiger partial charge in [-0.15, -0.1) is 0 Å². The lowest BCUT2D eigenvalue weighted by Crippen LogP contribution is -2.61. The third-order valence-electron chi connectivity index (χ3n) is 23.0. The number of anilines is 6. The minimum Gasteiger partial charge on any atom is -0.311 e. The SMILES string of the molecule is CC(C)(C)c1cc(-c2cc(C(C)(C)C)ccc2N2c3cc(-n4c5ccccc5c5ccccc54)ccc3B3c4ccc(-n5c6ccccc6c6ccccc65)cc4N(c4ccc(C(C)(C)C)cc4-c4cc(C(C)(C)C)cc(C(C)(C)C)c4)c4cc(C5CCCCC5)cc2c43)cc(C(C)(C)C)c1. The Morgan fingerprint density at radius 2 is 0.614 bits per heavy atom. The van der Waals surface area contributed by atoms with Crippen LogP contribution >= 0.6 is 0 Å². The van der Waals surface area contributed by atoms with Crippen LogP contribution in [0.4, 0.5) is 34.1 Å². The normalized spacial score (nSPS) is 14.7. The molecule has 0 unspecified atom stereocenters. The molecule has 101 heavy (non-hydrogen) atoms. The average Bonchev–Trinajstić information content (AvgIpc) is 1.01. The van der Waals surface area contributed by atoms with Gasteiger partial charge in [-0.2, -0.15) is 0 Å². The Bertz CT molecular complexity index is 4980. The maximum Gasteiger partial charge on any atom is 0.252 e. The van der Waals surface area contributed by atoms with Crippen molar-refractivity contribution in [1.82, 2.24) is 9.13 Å². The molecule has 4 heterocycles. The number of para-hydroxylation sites is 4. The molecule has 0 spiro atoms. The van der Waals surface area contributed by atoms with E-state index in [2.05, 4.69) is 362 Å². The molecule has 0 bridgehead atoms. The van der Waals surface area contributed by atoms with Crippen molar-refractivity contribution in [3.63, 3.8) is 0 Å². The highest BCUT2D eigenvalue weighted by Crippen LogP contribution is 2.53. The quantitative estimate of drug-likeness (QED) is 0.148. The topological polar surface area (TPSA) is 16.3 Å². The molecule has 16 rings (SSSR count). The van der Waals surface area contributed by atoms with Crippen molar-refractivity contribution in [3.05, 3.63) is 257 Å². The first-order chi connectivity index (χ1) is 47.9. The van der Waals surface area contributed by atoms with E-state index in [4.69, 9.17) is 0 Å². The molecule has 0 atom stereocenters. The highest BCUT2D eigenvalue weighted by molar-refractivity contribution is 7.00. The predicted molar refractivity (Wildman–Crippen MR) is 438 cm³/mol. The van der Waals surface area contributed by atoms with Crippen molar-refractivity contribution in [1.29, 1.82) is 0 Å². The molecule has 1 aliphatic carbocycles. The van der Waals surface area contributed by atoms with Gasteiger partial charge in [0.2, 0.25) is 0 Å². The first-order valence-electron chi connectivity index (χ1n) is 37.5. The van der Waals surface area contributed by atoms with Crippen LogP contribution in [0.1, 0.15) is 202 Å². The van der Waals surface area contributed by atoms with E-state index >= 15 is 0 Å². The molecular weight excluding hydrogens is 1220 g/mol. The minimum absolute atomic E-state index is 0.0993. The summed E-state index contributed by atoms with van der Waals surface area (Å²) in [6.45, 7) is 42.7. The van der Waals surface area contributed by atoms with E-state index in [-0.39, 0.29) is 39.2 Å². The lowest BCUT2D eigenvalue weighted by Gasteiger charge is -2.46. The largest absolute Gasteiger partial charge is 0.311 e. The zero-order chi connectivity index (χ0) is 70.8. The summed E-state index contributed by atoms with van der Waals surface area (Å²) >= 11 is 0. The second kappa shape index (κ2) is 23.6. The van der Waals surface area contributed by atoms with Crippen LogP contribution in [0, 0.1) is 0 Å². The molecule has 0 N–H and O–H groups in total. The van der Waals surface area contributed by atoms with E-state index in [0.29, 0.717) is 5.92 Å². The number of hydrogen-bond donors (Lipinski definition) is 0. The van der Waals surface area contributed by atoms with E-state index < -0.39 is 0 Å². The Kier molecular flexibility index (Phi) is 15.5. The summed E-state index contributed by atoms with van der Waals surface area (Å²) in [4.78, 5) is 5.55. The monoisotopic (exact) mass is 1320 g/mol. The zero-order valence-corrected chi connectivity index (χ0v) is 63.3. The predicted octanol–water partition coefficient (Wildman–Crippen LogP) is 25.1. The van der Waals surface area contributed by atoms with E-state index in [9.17, 15) is 0 Å². The van der Waals surface area contributed by atoms with Gasteiger partial charge in [0.05, 0.1) is 33.4 Å². The lowest BCUT2D eigenvalue weighted by atomic mass is 9.33. The van der Waals surface area contributed by atoms with Crippen LogP contribution in [0.2, 0.25) is 0 Å². The molecule has 1 fully saturated rings. The van der Waals surface area contributed by atoms with Gasteiger partial charge in [0.1, 0.15) is 0 Å². The van der Waals surface area contributed by atoms with Gasteiger partial charge in [0.25, 0.3) is 6.71 Å². The van der Waals surface area contributed by atoms with E-state index in [1.165, 1.54) is 175 Å². The minimum atomic E-state index is -0.152. The second-order valence-corrected chi connectivity index (χ2v) is 36.2. The Morgan fingerprint density at radius 1 is 0.287 bits per heavy atom. The van der Waals surface area contributed by atoms with Crippen molar-refractivity contribution in [3.8, 4) is 33.6 Å². The number of aromatic nitrogens is 2. The Labute approximate surface area is 602 Å². The average molecular weight is 1320 g/mol. The van der Waals surface area contributed by atoms with Crippen molar-refractivity contribution in [2.75, 3.05) is 9.80 Å². The summed E-state index contributed by atoms with van der Waals surface area (Å²) in [7, 11) is 0. The first kappa shape index (κ1) is 66.2. The fraction of sp³-hybridized carbons (Fsp3) is 0.312. The Balaban J connectivity index is 1.08. The molecular formula is C96H101BN4. The van der Waals surface area contributed by atoms with Gasteiger partial charge >= 0.3 is 0 Å². The van der Waals surface area contributed by atoms with Crippen molar-refractivity contribution < 1.29 is 0 Å². The summed E-state index contributed by atoms with van der Waals surface area (Å²) in [5.74, 6) is 0.379. The standard InChI is InChI=1S/C96H101BN4/c1-91(2,3)64-40-46-84(76(56-64)62-48-66(93(7,8)9)54-67(49-62)94(10,11)12)100-86-58-70(98-80-36-26-22-32-72(80)73-33-23-27-37-81(73)98)42-44-78(86)97-79-45-43-71(99-82-38-28-24-34-74(82)75-35-25-29-39-83(75)99)59-87(79)101(89-53-61(52-88(100)90(89)97)60-30-20-19-21-31-60)85-47-41-65(92(4,5)6)57-77(85)63-50-68(95(13,14)15)55-69(51-63)96(16,17)18/h22-29,32-60H,19-21,30-31H2,1-18H3. The number of rotatable bonds is 7. The molecule has 13 aromatic rings. The maximum atomic E-state index is 2.78. The van der Waals surface area contributed by atoms with Gasteiger partial charge in [0, 0.05) is 66.8 Å². The van der Waals surface area contributed by atoms with Crippen LogP contribution < -0.4 is 26.2 Å². The smallest absolute Gasteiger partial charge is 0.252 e. The number of nitrogens with zero attached hydrogens (tertiary/aromatic N) is 4. The molecule has 11 aromatic carbocycles. The lowest BCUT2D eigenvalue weighted by molar-refractivity contribution is 0.444. The van der Waals surface area contributed by atoms with Gasteiger partial charge in [-0.1, -0.05) is 277 Å². The van der Waals surface area contributed by atoms with Crippen LogP contribution in [-0.2, 0) is 32.5 Å². The van der Waals surface area contributed by atoms with Gasteiger partial charge in [-0.05, 0) is 203 Å². The van der Waals surface area contributed by atoms with Crippen molar-refractivity contribution in [2.45, 2.75) is 195 Å². The Hall–Kier alpha value is -9.32. The van der Waals surface area contributed by atoms with Crippen LogP contribution in [0.15, 0.2) is 218 Å². The Morgan fingerprint density at radius 3 is 0.941 bits per heavy atom. The van der Waals surface area contributed by atoms with Crippen LogP contribution in [0.5, 0.6) is 0 Å². The molecule has 2 aromatic heterocycles. The van der Waals surface area contributed by atoms with Gasteiger partial charge in [-0.25, -0.2) is 0 Å².